The van der Waals surface area contributed by atoms with Crippen LogP contribution in [0.5, 0.6) is 11.5 Å². The lowest BCUT2D eigenvalue weighted by atomic mass is 10.0. The van der Waals surface area contributed by atoms with Crippen LogP contribution in [0.3, 0.4) is 0 Å². The topological polar surface area (TPSA) is 81.9 Å². The van der Waals surface area contributed by atoms with Gasteiger partial charge in [-0.1, -0.05) is 42.5 Å². The predicted molar refractivity (Wildman–Crippen MR) is 109 cm³/mol. The molecule has 3 N–H and O–H groups in total. The number of carbonyl (C=O) groups excluding carboxylic acids is 1. The molecule has 3 aromatic carbocycles. The van der Waals surface area contributed by atoms with Crippen molar-refractivity contribution < 1.29 is 15.0 Å². The summed E-state index contributed by atoms with van der Waals surface area (Å²) in [4.78, 5) is 12.2. The Kier molecular flexibility index (Phi) is 5.58. The number of carbonyl (C=O) groups is 1. The van der Waals surface area contributed by atoms with E-state index < -0.39 is 0 Å². The Hall–Kier alpha value is -2.38. The number of phenolic OH excluding ortho intramolecular Hbond substituents is 2. The molecule has 0 aliphatic carbocycles. The number of rotatable bonds is 4. The van der Waals surface area contributed by atoms with Crippen molar-refractivity contribution in [1.82, 2.24) is 5.43 Å². The predicted octanol–water partition coefficient (Wildman–Crippen LogP) is 4.47. The summed E-state index contributed by atoms with van der Waals surface area (Å²) in [7, 11) is 0. The van der Waals surface area contributed by atoms with Crippen LogP contribution in [0.15, 0.2) is 62.6 Å². The quantitative estimate of drug-likeness (QED) is 0.383. The van der Waals surface area contributed by atoms with Crippen LogP contribution in [0.1, 0.15) is 11.1 Å². The standard InChI is InChI=1S/C19H14Br2N2O3/c20-15-8-13(18(25)17(21)19(15)26)10-22-23-16(24)9-12-6-3-5-11-4-1-2-7-14(11)12/h1-8,10,25-26H,9H2,(H,23,24). The zero-order valence-electron chi connectivity index (χ0n) is 13.4. The molecule has 3 aromatic rings. The van der Waals surface area contributed by atoms with Crippen LogP contribution in [0.25, 0.3) is 10.8 Å². The third-order valence-corrected chi connectivity index (χ3v) is 5.18. The van der Waals surface area contributed by atoms with Gasteiger partial charge >= 0.3 is 0 Å². The Morgan fingerprint density at radius 1 is 1.08 bits per heavy atom. The number of phenols is 2. The van der Waals surface area contributed by atoms with E-state index in [9.17, 15) is 15.0 Å². The smallest absolute Gasteiger partial charge is 0.244 e. The summed E-state index contributed by atoms with van der Waals surface area (Å²) in [6.45, 7) is 0. The van der Waals surface area contributed by atoms with E-state index in [0.29, 0.717) is 10.0 Å². The van der Waals surface area contributed by atoms with Crippen LogP contribution in [-0.2, 0) is 11.2 Å². The van der Waals surface area contributed by atoms with Gasteiger partial charge in [0.2, 0.25) is 5.91 Å². The number of nitrogens with one attached hydrogen (secondary N) is 1. The number of hydrogen-bond donors (Lipinski definition) is 3. The molecule has 0 spiro atoms. The van der Waals surface area contributed by atoms with Gasteiger partial charge in [-0.25, -0.2) is 5.43 Å². The average Bonchev–Trinajstić information content (AvgIpc) is 2.64. The van der Waals surface area contributed by atoms with Crippen molar-refractivity contribution >= 4 is 54.8 Å². The second-order valence-electron chi connectivity index (χ2n) is 5.57. The number of hydrogen-bond acceptors (Lipinski definition) is 4. The molecule has 1 amide bonds. The second-order valence-corrected chi connectivity index (χ2v) is 7.21. The molecule has 0 atom stereocenters. The van der Waals surface area contributed by atoms with Crippen LogP contribution < -0.4 is 5.43 Å². The molecule has 0 fully saturated rings. The SMILES string of the molecule is O=C(Cc1cccc2ccccc12)NN=Cc1cc(Br)c(O)c(Br)c1O. The summed E-state index contributed by atoms with van der Waals surface area (Å²) in [6.07, 6.45) is 1.50. The molecule has 0 heterocycles. The first-order chi connectivity index (χ1) is 12.5. The Labute approximate surface area is 166 Å². The highest BCUT2D eigenvalue weighted by atomic mass is 79.9. The minimum Gasteiger partial charge on any atom is -0.506 e. The van der Waals surface area contributed by atoms with E-state index in [1.54, 1.807) is 0 Å². The maximum Gasteiger partial charge on any atom is 0.244 e. The van der Waals surface area contributed by atoms with Gasteiger partial charge in [0.05, 0.1) is 17.1 Å². The summed E-state index contributed by atoms with van der Waals surface area (Å²) >= 11 is 6.27. The molecule has 0 aliphatic heterocycles. The molecule has 0 aliphatic rings. The van der Waals surface area contributed by atoms with Crippen LogP contribution in [-0.4, -0.2) is 22.3 Å². The number of halogens is 2. The van der Waals surface area contributed by atoms with E-state index in [-0.39, 0.29) is 28.3 Å². The highest BCUT2D eigenvalue weighted by Gasteiger charge is 2.13. The number of nitrogens with zero attached hydrogens (tertiary/aromatic N) is 1. The maximum absolute atomic E-state index is 12.2. The second kappa shape index (κ2) is 7.88. The first-order valence-corrected chi connectivity index (χ1v) is 9.24. The number of fused-ring (bicyclic) bond motifs is 1. The van der Waals surface area contributed by atoms with E-state index >= 15 is 0 Å². The Morgan fingerprint density at radius 2 is 1.81 bits per heavy atom. The average molecular weight is 478 g/mol. The zero-order chi connectivity index (χ0) is 18.7. The fourth-order valence-electron chi connectivity index (χ4n) is 2.55. The molecular weight excluding hydrogens is 464 g/mol. The van der Waals surface area contributed by atoms with E-state index in [0.717, 1.165) is 16.3 Å². The van der Waals surface area contributed by atoms with Crippen molar-refractivity contribution in [2.75, 3.05) is 0 Å². The van der Waals surface area contributed by atoms with Crippen LogP contribution in [0.4, 0.5) is 0 Å². The lowest BCUT2D eigenvalue weighted by Gasteiger charge is -2.07. The molecule has 0 radical (unpaired) electrons. The van der Waals surface area contributed by atoms with Gasteiger partial charge in [0.25, 0.3) is 0 Å². The third-order valence-electron chi connectivity index (χ3n) is 3.82. The van der Waals surface area contributed by atoms with Crippen molar-refractivity contribution in [2.24, 2.45) is 5.10 Å². The molecule has 0 unspecified atom stereocenters. The van der Waals surface area contributed by atoms with Crippen LogP contribution >= 0.6 is 31.9 Å². The number of benzene rings is 3. The summed E-state index contributed by atoms with van der Waals surface area (Å²) in [5.74, 6) is -0.550. The lowest BCUT2D eigenvalue weighted by Crippen LogP contribution is -2.19. The maximum atomic E-state index is 12.2. The van der Waals surface area contributed by atoms with Crippen molar-refractivity contribution in [2.45, 2.75) is 6.42 Å². The number of amides is 1. The van der Waals surface area contributed by atoms with E-state index in [1.807, 2.05) is 42.5 Å². The summed E-state index contributed by atoms with van der Waals surface area (Å²) in [6, 6.07) is 15.2. The molecule has 132 valence electrons. The summed E-state index contributed by atoms with van der Waals surface area (Å²) in [5.41, 5.74) is 3.70. The van der Waals surface area contributed by atoms with Gasteiger partial charge in [-0.3, -0.25) is 4.79 Å². The Morgan fingerprint density at radius 3 is 2.62 bits per heavy atom. The van der Waals surface area contributed by atoms with E-state index in [2.05, 4.69) is 42.4 Å². The van der Waals surface area contributed by atoms with Gasteiger partial charge in [0, 0.05) is 5.56 Å². The van der Waals surface area contributed by atoms with Crippen molar-refractivity contribution in [3.8, 4) is 11.5 Å². The molecule has 0 saturated heterocycles. The largest absolute Gasteiger partial charge is 0.506 e. The fraction of sp³-hybridized carbons (Fsp3) is 0.0526. The number of aromatic hydroxyl groups is 2. The van der Waals surface area contributed by atoms with Crippen LogP contribution in [0.2, 0.25) is 0 Å². The van der Waals surface area contributed by atoms with Gasteiger partial charge in [-0.05, 0) is 54.3 Å². The van der Waals surface area contributed by atoms with Gasteiger partial charge in [0.15, 0.2) is 0 Å². The molecule has 26 heavy (non-hydrogen) atoms. The highest BCUT2D eigenvalue weighted by Crippen LogP contribution is 2.40. The molecule has 0 bridgehead atoms. The Bertz CT molecular complexity index is 1010. The summed E-state index contributed by atoms with van der Waals surface area (Å²) < 4.78 is 0.543. The van der Waals surface area contributed by atoms with E-state index in [1.165, 1.54) is 12.3 Å². The number of hydrazone groups is 1. The van der Waals surface area contributed by atoms with Gasteiger partial charge < -0.3 is 10.2 Å². The van der Waals surface area contributed by atoms with Gasteiger partial charge in [0.1, 0.15) is 16.0 Å². The first kappa shape index (κ1) is 18.4. The first-order valence-electron chi connectivity index (χ1n) is 7.66. The van der Waals surface area contributed by atoms with Crippen molar-refractivity contribution in [3.05, 3.63) is 68.6 Å². The van der Waals surface area contributed by atoms with Gasteiger partial charge in [-0.15, -0.1) is 0 Å². The summed E-state index contributed by atoms with van der Waals surface area (Å²) in [5, 5.41) is 25.7. The lowest BCUT2D eigenvalue weighted by molar-refractivity contribution is -0.120. The normalized spacial score (nSPS) is 11.2. The zero-order valence-corrected chi connectivity index (χ0v) is 16.6. The fourth-order valence-corrected chi connectivity index (χ4v) is 3.70. The van der Waals surface area contributed by atoms with Crippen molar-refractivity contribution in [3.63, 3.8) is 0 Å². The minimum absolute atomic E-state index is 0.111. The highest BCUT2D eigenvalue weighted by molar-refractivity contribution is 9.11. The van der Waals surface area contributed by atoms with Gasteiger partial charge in [-0.2, -0.15) is 5.10 Å². The monoisotopic (exact) mass is 476 g/mol. The molecule has 0 saturated carbocycles. The Balaban J connectivity index is 1.72. The van der Waals surface area contributed by atoms with Crippen molar-refractivity contribution in [1.29, 1.82) is 0 Å². The molecule has 3 rings (SSSR count). The molecular formula is C19H14Br2N2O3. The third kappa shape index (κ3) is 3.89. The molecule has 0 aromatic heterocycles. The van der Waals surface area contributed by atoms with E-state index in [4.69, 9.17) is 0 Å². The minimum atomic E-state index is -0.269. The molecule has 7 heteroatoms. The molecule has 5 nitrogen and oxygen atoms in total. The van der Waals surface area contributed by atoms with Crippen LogP contribution in [0, 0.1) is 0 Å².